The summed E-state index contributed by atoms with van der Waals surface area (Å²) in [6.07, 6.45) is -0.147. The van der Waals surface area contributed by atoms with E-state index in [1.54, 1.807) is 6.92 Å². The molecule has 0 heterocycles. The van der Waals surface area contributed by atoms with Crippen molar-refractivity contribution in [2.24, 2.45) is 23.7 Å². The molecule has 0 aliphatic carbocycles. The van der Waals surface area contributed by atoms with Gasteiger partial charge in [0.05, 0.1) is 24.2 Å². The summed E-state index contributed by atoms with van der Waals surface area (Å²) in [6.45, 7) is 32.1. The third-order valence-corrected chi connectivity index (χ3v) is 17.4. The molecular formula is C26H56O5Si2. The van der Waals surface area contributed by atoms with E-state index in [-0.39, 0.29) is 40.0 Å². The van der Waals surface area contributed by atoms with E-state index in [1.165, 1.54) is 0 Å². The molecule has 198 valence electrons. The van der Waals surface area contributed by atoms with E-state index >= 15 is 0 Å². The van der Waals surface area contributed by atoms with Crippen LogP contribution in [-0.2, 0) is 13.6 Å². The van der Waals surface area contributed by atoms with Crippen LogP contribution in [-0.4, -0.2) is 51.1 Å². The molecule has 0 aromatic carbocycles. The van der Waals surface area contributed by atoms with E-state index in [9.17, 15) is 15.0 Å². The molecule has 7 unspecified atom stereocenters. The van der Waals surface area contributed by atoms with Crippen molar-refractivity contribution >= 4 is 22.6 Å². The van der Waals surface area contributed by atoms with Gasteiger partial charge in [-0.05, 0) is 68.4 Å². The molecule has 0 saturated heterocycles. The summed E-state index contributed by atoms with van der Waals surface area (Å²) < 4.78 is 13.6. The van der Waals surface area contributed by atoms with Crippen molar-refractivity contribution in [2.45, 2.75) is 137 Å². The molecule has 5 nitrogen and oxygen atoms in total. The number of carboxylic acids is 1. The number of hydrogen-bond donors (Lipinski definition) is 2. The third-order valence-electron chi connectivity index (χ3n) is 8.50. The lowest BCUT2D eigenvalue weighted by atomic mass is 9.81. The summed E-state index contributed by atoms with van der Waals surface area (Å²) in [7, 11) is -4.20. The maximum atomic E-state index is 12.0. The van der Waals surface area contributed by atoms with Gasteiger partial charge in [0.1, 0.15) is 0 Å². The van der Waals surface area contributed by atoms with Gasteiger partial charge < -0.3 is 19.1 Å². The quantitative estimate of drug-likeness (QED) is 0.276. The van der Waals surface area contributed by atoms with Crippen molar-refractivity contribution in [3.63, 3.8) is 0 Å². The van der Waals surface area contributed by atoms with Crippen LogP contribution in [0.15, 0.2) is 0 Å². The minimum Gasteiger partial charge on any atom is -0.481 e. The second kappa shape index (κ2) is 11.7. The van der Waals surface area contributed by atoms with Crippen molar-refractivity contribution < 1.29 is 23.9 Å². The summed E-state index contributed by atoms with van der Waals surface area (Å²) in [4.78, 5) is 12.0. The Kier molecular flexibility index (Phi) is 11.6. The first-order valence-corrected chi connectivity index (χ1v) is 18.5. The molecular weight excluding hydrogens is 448 g/mol. The van der Waals surface area contributed by atoms with E-state index in [1.807, 2.05) is 6.92 Å². The van der Waals surface area contributed by atoms with Gasteiger partial charge in [0.25, 0.3) is 0 Å². The summed E-state index contributed by atoms with van der Waals surface area (Å²) in [6, 6.07) is 0. The Morgan fingerprint density at radius 2 is 1.09 bits per heavy atom. The molecule has 7 heteroatoms. The van der Waals surface area contributed by atoms with E-state index in [0.717, 1.165) is 6.42 Å². The van der Waals surface area contributed by atoms with Crippen LogP contribution in [0, 0.1) is 23.7 Å². The molecule has 33 heavy (non-hydrogen) atoms. The van der Waals surface area contributed by atoms with Gasteiger partial charge in [-0.15, -0.1) is 0 Å². The van der Waals surface area contributed by atoms with Crippen LogP contribution in [0.25, 0.3) is 0 Å². The van der Waals surface area contributed by atoms with Crippen LogP contribution in [0.3, 0.4) is 0 Å². The number of rotatable bonds is 12. The molecule has 2 N–H and O–H groups in total. The second-order valence-corrected chi connectivity index (χ2v) is 23.1. The zero-order valence-corrected chi connectivity index (χ0v) is 26.4. The SMILES string of the molecule is CC(O)C(C)C(O[Si](C)(C)C(C)(C)C)C(C)CC(C)C(O[Si](C)(C)C(C)(C)C)C(C)C(=O)O. The normalized spacial score (nSPS) is 20.5. The molecule has 0 saturated carbocycles. The Labute approximate surface area is 207 Å². The fourth-order valence-electron chi connectivity index (χ4n) is 3.76. The Bertz CT molecular complexity index is 619. The minimum absolute atomic E-state index is 0.00359. The van der Waals surface area contributed by atoms with Crippen molar-refractivity contribution in [2.75, 3.05) is 0 Å². The van der Waals surface area contributed by atoms with Crippen LogP contribution in [0.2, 0.25) is 36.3 Å². The molecule has 0 amide bonds. The summed E-state index contributed by atoms with van der Waals surface area (Å²) in [5, 5.41) is 20.3. The van der Waals surface area contributed by atoms with Crippen molar-refractivity contribution in [3.05, 3.63) is 0 Å². The number of aliphatic carboxylic acids is 1. The number of carbonyl (C=O) groups is 1. The van der Waals surface area contributed by atoms with E-state index in [2.05, 4.69) is 88.5 Å². The largest absolute Gasteiger partial charge is 0.481 e. The number of hydrogen-bond acceptors (Lipinski definition) is 4. The first-order valence-electron chi connectivity index (χ1n) is 12.7. The number of aliphatic hydroxyl groups is 1. The smallest absolute Gasteiger partial charge is 0.308 e. The molecule has 0 aliphatic rings. The standard InChI is InChI=1S/C26H56O5Si2/c1-17(22(19(3)21(5)27)30-32(12,13)25(6,7)8)16-18(2)23(20(4)24(28)29)31-33(14,15)26(9,10)11/h17-23,27H,16H2,1-15H3,(H,28,29). The molecule has 0 radical (unpaired) electrons. The maximum Gasteiger partial charge on any atom is 0.308 e. The van der Waals surface area contributed by atoms with Gasteiger partial charge in [0.2, 0.25) is 0 Å². The second-order valence-electron chi connectivity index (χ2n) is 13.6. The first kappa shape index (κ1) is 32.8. The summed E-state index contributed by atoms with van der Waals surface area (Å²) in [5.41, 5.74) is 0. The van der Waals surface area contributed by atoms with Gasteiger partial charge in [-0.1, -0.05) is 62.3 Å². The monoisotopic (exact) mass is 504 g/mol. The molecule has 0 fully saturated rings. The molecule has 0 aromatic heterocycles. The molecule has 0 spiro atoms. The van der Waals surface area contributed by atoms with E-state index in [4.69, 9.17) is 8.85 Å². The highest BCUT2D eigenvalue weighted by atomic mass is 28.4. The number of carboxylic acid groups (broad SMARTS) is 1. The van der Waals surface area contributed by atoms with Crippen molar-refractivity contribution in [3.8, 4) is 0 Å². The lowest BCUT2D eigenvalue weighted by molar-refractivity contribution is -0.145. The van der Waals surface area contributed by atoms with Crippen LogP contribution >= 0.6 is 0 Å². The first-order chi connectivity index (χ1) is 14.5. The molecule has 0 bridgehead atoms. The Hall–Kier alpha value is -0.216. The Morgan fingerprint density at radius 1 is 0.758 bits per heavy atom. The predicted molar refractivity (Wildman–Crippen MR) is 145 cm³/mol. The van der Waals surface area contributed by atoms with E-state index in [0.29, 0.717) is 0 Å². The van der Waals surface area contributed by atoms with Crippen LogP contribution in [0.5, 0.6) is 0 Å². The van der Waals surface area contributed by atoms with Gasteiger partial charge in [-0.3, -0.25) is 4.79 Å². The summed E-state index contributed by atoms with van der Waals surface area (Å²) in [5.74, 6) is -1.21. The zero-order chi connectivity index (χ0) is 26.7. The Balaban J connectivity index is 5.95. The van der Waals surface area contributed by atoms with Gasteiger partial charge in [0, 0.05) is 5.92 Å². The molecule has 7 atom stereocenters. The van der Waals surface area contributed by atoms with Crippen molar-refractivity contribution in [1.29, 1.82) is 0 Å². The Morgan fingerprint density at radius 3 is 1.39 bits per heavy atom. The molecule has 0 aromatic rings. The third kappa shape index (κ3) is 9.06. The molecule has 0 aliphatic heterocycles. The topological polar surface area (TPSA) is 76.0 Å². The predicted octanol–water partition coefficient (Wildman–Crippen LogP) is 7.17. The average molecular weight is 505 g/mol. The highest BCUT2D eigenvalue weighted by Crippen LogP contribution is 2.42. The lowest BCUT2D eigenvalue weighted by Gasteiger charge is -2.45. The van der Waals surface area contributed by atoms with Crippen LogP contribution in [0.1, 0.15) is 82.6 Å². The minimum atomic E-state index is -2.15. The zero-order valence-electron chi connectivity index (χ0n) is 24.4. The van der Waals surface area contributed by atoms with Gasteiger partial charge >= 0.3 is 5.97 Å². The number of aliphatic hydroxyl groups excluding tert-OH is 1. The average Bonchev–Trinajstić information content (AvgIpc) is 2.60. The lowest BCUT2D eigenvalue weighted by Crippen LogP contribution is -2.50. The highest BCUT2D eigenvalue weighted by molar-refractivity contribution is 6.74. The van der Waals surface area contributed by atoms with E-state index < -0.39 is 34.6 Å². The fraction of sp³-hybridized carbons (Fsp3) is 0.962. The van der Waals surface area contributed by atoms with Crippen LogP contribution < -0.4 is 0 Å². The summed E-state index contributed by atoms with van der Waals surface area (Å²) >= 11 is 0. The highest BCUT2D eigenvalue weighted by Gasteiger charge is 2.45. The van der Waals surface area contributed by atoms with Crippen molar-refractivity contribution in [1.82, 2.24) is 0 Å². The maximum absolute atomic E-state index is 12.0. The molecule has 0 rings (SSSR count). The van der Waals surface area contributed by atoms with Gasteiger partial charge in [-0.2, -0.15) is 0 Å². The van der Waals surface area contributed by atoms with Gasteiger partial charge in [-0.25, -0.2) is 0 Å². The van der Waals surface area contributed by atoms with Gasteiger partial charge in [0.15, 0.2) is 16.6 Å². The fourth-order valence-corrected chi connectivity index (χ4v) is 6.71. The van der Waals surface area contributed by atoms with Crippen LogP contribution in [0.4, 0.5) is 0 Å².